The van der Waals surface area contributed by atoms with Gasteiger partial charge in [0.15, 0.2) is 11.5 Å². The third kappa shape index (κ3) is 5.92. The summed E-state index contributed by atoms with van der Waals surface area (Å²) < 4.78 is 17.8. The number of carbonyl (C=O) groups is 2. The molecular weight excluding hydrogens is 520 g/mol. The second kappa shape index (κ2) is 12.5. The summed E-state index contributed by atoms with van der Waals surface area (Å²) in [5.74, 6) is 0.268. The smallest absolute Gasteiger partial charge is 0.295 e. The lowest BCUT2D eigenvalue weighted by atomic mass is 9.94. The van der Waals surface area contributed by atoms with Gasteiger partial charge in [-0.15, -0.1) is 0 Å². The molecule has 8 heteroatoms. The highest BCUT2D eigenvalue weighted by molar-refractivity contribution is 6.46. The van der Waals surface area contributed by atoms with E-state index in [1.807, 2.05) is 32.0 Å². The minimum atomic E-state index is -0.833. The molecule has 5 rings (SSSR count). The Morgan fingerprint density at radius 1 is 1.02 bits per heavy atom. The van der Waals surface area contributed by atoms with E-state index in [4.69, 9.17) is 14.2 Å². The number of benzene rings is 2. The SMILES string of the molecule is CCCCCOc1ccc([C@H]2C(=C(O)c3ccc4c(c3)C[C@H](C)O4)C(=O)C(=O)N2Cc2ccncc2)cc1OCC. The number of unbranched alkanes of at least 4 members (excludes halogenated alkanes) is 2. The van der Waals surface area contributed by atoms with Gasteiger partial charge < -0.3 is 24.2 Å². The molecule has 8 nitrogen and oxygen atoms in total. The van der Waals surface area contributed by atoms with Crippen molar-refractivity contribution in [2.75, 3.05) is 13.2 Å². The predicted molar refractivity (Wildman–Crippen MR) is 155 cm³/mol. The number of amides is 1. The van der Waals surface area contributed by atoms with Crippen molar-refractivity contribution < 1.29 is 28.9 Å². The third-order valence-electron chi connectivity index (χ3n) is 7.40. The number of carbonyl (C=O) groups excluding carboxylic acids is 2. The van der Waals surface area contributed by atoms with Crippen molar-refractivity contribution in [1.82, 2.24) is 9.88 Å². The number of fused-ring (bicyclic) bond motifs is 1. The van der Waals surface area contributed by atoms with Gasteiger partial charge in [0.05, 0.1) is 24.8 Å². The van der Waals surface area contributed by atoms with Crippen LogP contribution in [-0.2, 0) is 22.6 Å². The Morgan fingerprint density at radius 3 is 2.59 bits per heavy atom. The van der Waals surface area contributed by atoms with Crippen molar-refractivity contribution in [1.29, 1.82) is 0 Å². The first-order valence-electron chi connectivity index (χ1n) is 14.3. The van der Waals surface area contributed by atoms with E-state index in [1.165, 1.54) is 4.90 Å². The molecular formula is C33H36N2O6. The second-order valence-corrected chi connectivity index (χ2v) is 10.4. The van der Waals surface area contributed by atoms with Crippen LogP contribution < -0.4 is 14.2 Å². The van der Waals surface area contributed by atoms with Crippen LogP contribution in [0.3, 0.4) is 0 Å². The van der Waals surface area contributed by atoms with Crippen LogP contribution >= 0.6 is 0 Å². The molecule has 1 N–H and O–H groups in total. The maximum Gasteiger partial charge on any atom is 0.295 e. The van der Waals surface area contributed by atoms with E-state index in [1.54, 1.807) is 42.7 Å². The van der Waals surface area contributed by atoms with Gasteiger partial charge in [-0.3, -0.25) is 14.6 Å². The largest absolute Gasteiger partial charge is 0.507 e. The fourth-order valence-corrected chi connectivity index (χ4v) is 5.42. The molecule has 0 spiro atoms. The average molecular weight is 557 g/mol. The van der Waals surface area contributed by atoms with Gasteiger partial charge in [0, 0.05) is 30.9 Å². The molecule has 3 heterocycles. The molecule has 0 unspecified atom stereocenters. The number of Topliss-reactive ketones (excluding diaryl/α,β-unsaturated/α-hetero) is 1. The molecule has 2 aromatic carbocycles. The van der Waals surface area contributed by atoms with Crippen molar-refractivity contribution >= 4 is 17.4 Å². The highest BCUT2D eigenvalue weighted by Crippen LogP contribution is 2.43. The lowest BCUT2D eigenvalue weighted by molar-refractivity contribution is -0.140. The standard InChI is InChI=1S/C33H36N2O6/c1-4-6-7-16-40-27-11-8-23(19-28(27)39-5-2)30-29(31(36)24-9-10-26-25(18-24)17-21(3)41-26)32(37)33(38)35(30)20-22-12-14-34-15-13-22/h8-15,18-19,21,30,36H,4-7,16-17,20H2,1-3H3/t21-,30-/m0/s1. The number of aliphatic hydroxyl groups excluding tert-OH is 1. The van der Waals surface area contributed by atoms with Crippen LogP contribution in [0, 0.1) is 0 Å². The predicted octanol–water partition coefficient (Wildman–Crippen LogP) is 5.99. The number of ketones is 1. The zero-order valence-electron chi connectivity index (χ0n) is 23.8. The van der Waals surface area contributed by atoms with Crippen molar-refractivity contribution in [3.05, 3.63) is 88.8 Å². The van der Waals surface area contributed by atoms with Gasteiger partial charge in [0.1, 0.15) is 17.6 Å². The Labute approximate surface area is 240 Å². The molecule has 1 aromatic heterocycles. The van der Waals surface area contributed by atoms with E-state index in [9.17, 15) is 14.7 Å². The molecule has 0 bridgehead atoms. The first kappa shape index (κ1) is 28.2. The normalized spacial score (nSPS) is 19.2. The molecule has 3 aromatic rings. The summed E-state index contributed by atoms with van der Waals surface area (Å²) in [7, 11) is 0. The van der Waals surface area contributed by atoms with Gasteiger partial charge >= 0.3 is 0 Å². The number of rotatable bonds is 11. The molecule has 0 saturated carbocycles. The van der Waals surface area contributed by atoms with E-state index in [2.05, 4.69) is 11.9 Å². The monoisotopic (exact) mass is 556 g/mol. The summed E-state index contributed by atoms with van der Waals surface area (Å²) in [4.78, 5) is 32.6. The number of hydrogen-bond donors (Lipinski definition) is 1. The van der Waals surface area contributed by atoms with Gasteiger partial charge in [-0.2, -0.15) is 0 Å². The fourth-order valence-electron chi connectivity index (χ4n) is 5.42. The summed E-state index contributed by atoms with van der Waals surface area (Å²) >= 11 is 0. The molecule has 1 fully saturated rings. The van der Waals surface area contributed by atoms with Crippen LogP contribution in [0.2, 0.25) is 0 Å². The van der Waals surface area contributed by atoms with Crippen LogP contribution in [0.5, 0.6) is 17.2 Å². The molecule has 41 heavy (non-hydrogen) atoms. The summed E-state index contributed by atoms with van der Waals surface area (Å²) in [6.07, 6.45) is 7.12. The number of pyridine rings is 1. The number of nitrogens with zero attached hydrogens (tertiary/aromatic N) is 2. The van der Waals surface area contributed by atoms with E-state index in [0.29, 0.717) is 42.3 Å². The van der Waals surface area contributed by atoms with Crippen LogP contribution in [0.4, 0.5) is 0 Å². The molecule has 1 saturated heterocycles. The molecule has 2 aliphatic rings. The maximum atomic E-state index is 13.6. The van der Waals surface area contributed by atoms with E-state index < -0.39 is 17.7 Å². The lowest BCUT2D eigenvalue weighted by Gasteiger charge is -2.26. The van der Waals surface area contributed by atoms with Crippen LogP contribution in [0.25, 0.3) is 5.76 Å². The molecule has 2 atom stereocenters. The number of hydrogen-bond acceptors (Lipinski definition) is 7. The zero-order valence-corrected chi connectivity index (χ0v) is 23.8. The van der Waals surface area contributed by atoms with Gasteiger partial charge in [-0.05, 0) is 79.4 Å². The Morgan fingerprint density at radius 2 is 1.83 bits per heavy atom. The van der Waals surface area contributed by atoms with Gasteiger partial charge in [-0.1, -0.05) is 25.8 Å². The van der Waals surface area contributed by atoms with Crippen molar-refractivity contribution in [3.63, 3.8) is 0 Å². The first-order valence-corrected chi connectivity index (χ1v) is 14.3. The second-order valence-electron chi connectivity index (χ2n) is 10.4. The Kier molecular flexibility index (Phi) is 8.57. The summed E-state index contributed by atoms with van der Waals surface area (Å²) in [5, 5.41) is 11.6. The average Bonchev–Trinajstić information content (AvgIpc) is 3.47. The maximum absolute atomic E-state index is 13.6. The van der Waals surface area contributed by atoms with E-state index >= 15 is 0 Å². The van der Waals surface area contributed by atoms with E-state index in [-0.39, 0.29) is 24.0 Å². The quantitative estimate of drug-likeness (QED) is 0.134. The molecule has 2 aliphatic heterocycles. The summed E-state index contributed by atoms with van der Waals surface area (Å²) in [6.45, 7) is 7.16. The highest BCUT2D eigenvalue weighted by Gasteiger charge is 2.46. The minimum absolute atomic E-state index is 0.0352. The van der Waals surface area contributed by atoms with Crippen LogP contribution in [0.15, 0.2) is 66.5 Å². The van der Waals surface area contributed by atoms with Gasteiger partial charge in [0.2, 0.25) is 0 Å². The topological polar surface area (TPSA) is 98.2 Å². The van der Waals surface area contributed by atoms with Crippen molar-refractivity contribution in [3.8, 4) is 17.2 Å². The summed E-state index contributed by atoms with van der Waals surface area (Å²) in [6, 6.07) is 13.6. The molecule has 0 aliphatic carbocycles. The fraction of sp³-hybridized carbons (Fsp3) is 0.364. The van der Waals surface area contributed by atoms with Crippen LogP contribution in [0.1, 0.15) is 68.3 Å². The Hall–Kier alpha value is -4.33. The van der Waals surface area contributed by atoms with Crippen LogP contribution in [-0.4, -0.2) is 46.0 Å². The van der Waals surface area contributed by atoms with Crippen molar-refractivity contribution in [2.24, 2.45) is 0 Å². The third-order valence-corrected chi connectivity index (χ3v) is 7.40. The molecule has 1 amide bonds. The Bertz CT molecular complexity index is 1450. The summed E-state index contributed by atoms with van der Waals surface area (Å²) in [5.41, 5.74) is 2.91. The van der Waals surface area contributed by atoms with E-state index in [0.717, 1.165) is 36.1 Å². The Balaban J connectivity index is 1.59. The van der Waals surface area contributed by atoms with Crippen molar-refractivity contribution in [2.45, 2.75) is 65.1 Å². The number of aliphatic hydroxyl groups is 1. The van der Waals surface area contributed by atoms with Gasteiger partial charge in [0.25, 0.3) is 11.7 Å². The highest BCUT2D eigenvalue weighted by atomic mass is 16.5. The number of aromatic nitrogens is 1. The number of likely N-dealkylation sites (tertiary alicyclic amines) is 1. The molecule has 0 radical (unpaired) electrons. The van der Waals surface area contributed by atoms with Gasteiger partial charge in [-0.25, -0.2) is 0 Å². The zero-order chi connectivity index (χ0) is 28.9. The number of ether oxygens (including phenoxy) is 3. The molecule has 214 valence electrons. The minimum Gasteiger partial charge on any atom is -0.507 e. The lowest BCUT2D eigenvalue weighted by Crippen LogP contribution is -2.29. The first-order chi connectivity index (χ1) is 19.9.